The summed E-state index contributed by atoms with van der Waals surface area (Å²) in [5, 5.41) is 5.21. The van der Waals surface area contributed by atoms with Gasteiger partial charge in [0.15, 0.2) is 9.84 Å². The van der Waals surface area contributed by atoms with Crippen LogP contribution in [0.25, 0.3) is 0 Å². The topological polar surface area (TPSA) is 102 Å². The monoisotopic (exact) mass is 434 g/mol. The highest BCUT2D eigenvalue weighted by Crippen LogP contribution is 2.36. The molecule has 0 saturated carbocycles. The second-order valence-corrected chi connectivity index (χ2v) is 10.1. The second-order valence-electron chi connectivity index (χ2n) is 6.60. The molecule has 9 heteroatoms. The van der Waals surface area contributed by atoms with E-state index in [4.69, 9.17) is 4.74 Å². The highest BCUT2D eigenvalue weighted by molar-refractivity contribution is 8.01. The van der Waals surface area contributed by atoms with E-state index in [-0.39, 0.29) is 34.1 Å². The van der Waals surface area contributed by atoms with Crippen LogP contribution in [0.5, 0.6) is 5.75 Å². The molecule has 0 unspecified atom stereocenters. The van der Waals surface area contributed by atoms with Gasteiger partial charge >= 0.3 is 0 Å². The Bertz CT molecular complexity index is 1020. The van der Waals surface area contributed by atoms with E-state index >= 15 is 0 Å². The van der Waals surface area contributed by atoms with Crippen LogP contribution < -0.4 is 15.4 Å². The highest BCUT2D eigenvalue weighted by atomic mass is 32.2. The van der Waals surface area contributed by atoms with Crippen LogP contribution in [0.3, 0.4) is 0 Å². The van der Waals surface area contributed by atoms with Crippen molar-refractivity contribution < 1.29 is 22.7 Å². The molecule has 3 rings (SSSR count). The van der Waals surface area contributed by atoms with Crippen molar-refractivity contribution in [3.63, 3.8) is 0 Å². The zero-order valence-corrected chi connectivity index (χ0v) is 17.7. The molecule has 0 aliphatic carbocycles. The smallest absolute Gasteiger partial charge is 0.237 e. The van der Waals surface area contributed by atoms with Crippen molar-refractivity contribution in [2.24, 2.45) is 0 Å². The third-order valence-electron chi connectivity index (χ3n) is 4.49. The average Bonchev–Trinajstić information content (AvgIpc) is 2.71. The predicted molar refractivity (Wildman–Crippen MR) is 112 cm³/mol. The Labute approximate surface area is 174 Å². The zero-order chi connectivity index (χ0) is 21.0. The van der Waals surface area contributed by atoms with E-state index in [2.05, 4.69) is 10.6 Å². The first-order valence-corrected chi connectivity index (χ1v) is 11.6. The lowest BCUT2D eigenvalue weighted by Gasteiger charge is -2.21. The number of thioether (sulfide) groups is 1. The van der Waals surface area contributed by atoms with Crippen LogP contribution in [0, 0.1) is 0 Å². The van der Waals surface area contributed by atoms with Gasteiger partial charge in [0, 0.05) is 17.9 Å². The molecule has 1 aliphatic heterocycles. The van der Waals surface area contributed by atoms with E-state index in [0.29, 0.717) is 12.2 Å². The fourth-order valence-corrected chi connectivity index (χ4v) is 4.95. The molecule has 0 fully saturated rings. The summed E-state index contributed by atoms with van der Waals surface area (Å²) in [6.45, 7) is 2.10. The van der Waals surface area contributed by atoms with Crippen LogP contribution in [0.1, 0.15) is 18.9 Å². The lowest BCUT2D eigenvalue weighted by Crippen LogP contribution is -2.27. The van der Waals surface area contributed by atoms with Crippen molar-refractivity contribution >= 4 is 39.1 Å². The van der Waals surface area contributed by atoms with Crippen LogP contribution in [0.4, 0.5) is 5.69 Å². The number of rotatable bonds is 7. The second kappa shape index (κ2) is 8.87. The Morgan fingerprint density at radius 3 is 2.62 bits per heavy atom. The summed E-state index contributed by atoms with van der Waals surface area (Å²) in [7, 11) is -2.07. The number of fused-ring (bicyclic) bond motifs is 1. The molecule has 2 amide bonds. The number of methoxy groups -OCH3 is 1. The van der Waals surface area contributed by atoms with Gasteiger partial charge in [0.25, 0.3) is 0 Å². The summed E-state index contributed by atoms with van der Waals surface area (Å²) >= 11 is 1.39. The molecule has 0 saturated heterocycles. The normalized spacial score (nSPS) is 15.9. The molecule has 1 aliphatic rings. The maximum Gasteiger partial charge on any atom is 0.237 e. The fourth-order valence-electron chi connectivity index (χ4n) is 2.76. The number of anilines is 1. The van der Waals surface area contributed by atoms with Crippen LogP contribution in [0.2, 0.25) is 0 Å². The van der Waals surface area contributed by atoms with Gasteiger partial charge < -0.3 is 15.4 Å². The van der Waals surface area contributed by atoms with Crippen molar-refractivity contribution in [2.75, 3.05) is 18.2 Å². The van der Waals surface area contributed by atoms with E-state index in [1.165, 1.54) is 23.9 Å². The first-order valence-electron chi connectivity index (χ1n) is 9.02. The van der Waals surface area contributed by atoms with Gasteiger partial charge in [-0.1, -0.05) is 12.1 Å². The van der Waals surface area contributed by atoms with Crippen molar-refractivity contribution in [2.45, 2.75) is 34.9 Å². The molecule has 154 valence electrons. The molecule has 2 N–H and O–H groups in total. The third-order valence-corrected chi connectivity index (χ3v) is 7.38. The van der Waals surface area contributed by atoms with Gasteiger partial charge in [-0.2, -0.15) is 0 Å². The minimum Gasteiger partial charge on any atom is -0.497 e. The number of carbonyl (C=O) groups excluding carboxylic acids is 2. The number of hydrogen-bond donors (Lipinski definition) is 2. The summed E-state index contributed by atoms with van der Waals surface area (Å²) in [5.41, 5.74) is 1.38. The number of carbonyl (C=O) groups is 2. The predicted octanol–water partition coefficient (Wildman–Crippen LogP) is 2.61. The fraction of sp³-hybridized carbons (Fsp3) is 0.300. The first-order chi connectivity index (χ1) is 13.8. The largest absolute Gasteiger partial charge is 0.497 e. The minimum absolute atomic E-state index is 0.0923. The molecule has 0 bridgehead atoms. The molecular weight excluding hydrogens is 412 g/mol. The van der Waals surface area contributed by atoms with Crippen LogP contribution in [0.15, 0.2) is 52.3 Å². The summed E-state index contributed by atoms with van der Waals surface area (Å²) in [5.74, 6) is -0.0900. The van der Waals surface area contributed by atoms with Gasteiger partial charge in [-0.25, -0.2) is 8.42 Å². The quantitative estimate of drug-likeness (QED) is 0.695. The number of sulfone groups is 1. The Morgan fingerprint density at radius 1 is 1.21 bits per heavy atom. The first kappa shape index (κ1) is 21.2. The summed E-state index contributed by atoms with van der Waals surface area (Å²) in [4.78, 5) is 24.8. The molecule has 0 radical (unpaired) electrons. The van der Waals surface area contributed by atoms with E-state index < -0.39 is 9.84 Å². The maximum absolute atomic E-state index is 12.6. The molecule has 0 spiro atoms. The van der Waals surface area contributed by atoms with Crippen LogP contribution in [-0.4, -0.2) is 38.3 Å². The molecule has 1 heterocycles. The number of hydrogen-bond acceptors (Lipinski definition) is 6. The maximum atomic E-state index is 12.6. The average molecular weight is 435 g/mol. The number of ether oxygens (including phenoxy) is 1. The Morgan fingerprint density at radius 2 is 1.93 bits per heavy atom. The van der Waals surface area contributed by atoms with E-state index in [9.17, 15) is 18.0 Å². The highest BCUT2D eigenvalue weighted by Gasteiger charge is 2.25. The zero-order valence-electron chi connectivity index (χ0n) is 16.1. The van der Waals surface area contributed by atoms with Gasteiger partial charge in [0.05, 0.1) is 28.7 Å². The summed E-state index contributed by atoms with van der Waals surface area (Å²) < 4.78 is 30.3. The summed E-state index contributed by atoms with van der Waals surface area (Å²) in [6.07, 6.45) is -0.145. The van der Waals surface area contributed by atoms with Gasteiger partial charge in [-0.05, 0) is 42.8 Å². The summed E-state index contributed by atoms with van der Waals surface area (Å²) in [6, 6.07) is 11.9. The van der Waals surface area contributed by atoms with Crippen LogP contribution in [-0.2, 0) is 26.0 Å². The van der Waals surface area contributed by atoms with Gasteiger partial charge in [0.1, 0.15) is 5.75 Å². The van der Waals surface area contributed by atoms with E-state index in [0.717, 1.165) is 16.2 Å². The molecule has 2 aromatic rings. The van der Waals surface area contributed by atoms with Gasteiger partial charge in [0.2, 0.25) is 11.8 Å². The molecule has 1 atom stereocenters. The number of amides is 2. The SMILES string of the molecule is COc1ccc(CNC(=O)CCS(=O)(=O)c2ccc3c(c2)NC(=O)[C@@H](C)S3)cc1. The molecule has 29 heavy (non-hydrogen) atoms. The van der Waals surface area contributed by atoms with Crippen molar-refractivity contribution in [1.29, 1.82) is 0 Å². The minimum atomic E-state index is -3.65. The number of benzene rings is 2. The van der Waals surface area contributed by atoms with Gasteiger partial charge in [-0.3, -0.25) is 9.59 Å². The van der Waals surface area contributed by atoms with Gasteiger partial charge in [-0.15, -0.1) is 11.8 Å². The third kappa shape index (κ3) is 5.30. The van der Waals surface area contributed by atoms with E-state index in [1.807, 2.05) is 12.1 Å². The Kier molecular flexibility index (Phi) is 6.49. The lowest BCUT2D eigenvalue weighted by atomic mass is 10.2. The van der Waals surface area contributed by atoms with Crippen molar-refractivity contribution in [3.8, 4) is 5.75 Å². The Balaban J connectivity index is 1.57. The number of nitrogens with one attached hydrogen (secondary N) is 2. The standard InChI is InChI=1S/C20H22N2O5S2/c1-13-20(24)22-17-11-16(7-8-18(17)28-13)29(25,26)10-9-19(23)21-12-14-3-5-15(27-2)6-4-14/h3-8,11,13H,9-10,12H2,1-2H3,(H,21,23)(H,22,24)/t13-/m1/s1. The molecule has 2 aromatic carbocycles. The molecular formula is C20H22N2O5S2. The van der Waals surface area contributed by atoms with Crippen molar-refractivity contribution in [1.82, 2.24) is 5.32 Å². The van der Waals surface area contributed by atoms with Crippen molar-refractivity contribution in [3.05, 3.63) is 48.0 Å². The lowest BCUT2D eigenvalue weighted by molar-refractivity contribution is -0.121. The van der Waals surface area contributed by atoms with Crippen LogP contribution >= 0.6 is 11.8 Å². The molecule has 0 aromatic heterocycles. The molecule has 7 nitrogen and oxygen atoms in total. The Hall–Kier alpha value is -2.52. The van der Waals surface area contributed by atoms with E-state index in [1.54, 1.807) is 32.2 Å².